The van der Waals surface area contributed by atoms with E-state index in [1.807, 2.05) is 0 Å². The highest BCUT2D eigenvalue weighted by Gasteiger charge is 2.29. The summed E-state index contributed by atoms with van der Waals surface area (Å²) in [7, 11) is -3.66. The van der Waals surface area contributed by atoms with Gasteiger partial charge in [-0.15, -0.1) is 0 Å². The molecule has 0 spiro atoms. The number of pyridine rings is 1. The largest absolute Gasteiger partial charge is 0.384 e. The van der Waals surface area contributed by atoms with Gasteiger partial charge in [0.1, 0.15) is 5.82 Å². The number of nitrogens with one attached hydrogen (secondary N) is 1. The zero-order valence-corrected chi connectivity index (χ0v) is 11.6. The minimum Gasteiger partial charge on any atom is -0.384 e. The highest BCUT2D eigenvalue weighted by atomic mass is 32.2. The van der Waals surface area contributed by atoms with E-state index in [2.05, 4.69) is 10.3 Å². The van der Waals surface area contributed by atoms with Crippen molar-refractivity contribution < 1.29 is 13.2 Å². The summed E-state index contributed by atoms with van der Waals surface area (Å²) in [6.07, 6.45) is 2.38. The molecule has 2 heterocycles. The standard InChI is InChI=1S/C11H17N5O3S/c12-10-2-1-9(7-14-10)15-11(17)8-3-5-16(6-4-8)20(13,18)19/h1-2,7-8H,3-6H2,(H2,12,14)(H,15,17)(H2,13,18,19). The van der Waals surface area contributed by atoms with Gasteiger partial charge in [0.05, 0.1) is 11.9 Å². The summed E-state index contributed by atoms with van der Waals surface area (Å²) in [4.78, 5) is 15.9. The number of nitrogens with zero attached hydrogens (tertiary/aromatic N) is 2. The molecule has 0 atom stereocenters. The second-order valence-electron chi connectivity index (χ2n) is 4.68. The van der Waals surface area contributed by atoms with Crippen LogP contribution in [0.2, 0.25) is 0 Å². The molecule has 1 saturated heterocycles. The van der Waals surface area contributed by atoms with E-state index in [1.165, 1.54) is 10.5 Å². The van der Waals surface area contributed by atoms with Crippen LogP contribution in [0, 0.1) is 5.92 Å². The van der Waals surface area contributed by atoms with Crippen molar-refractivity contribution >= 4 is 27.6 Å². The van der Waals surface area contributed by atoms with Crippen LogP contribution >= 0.6 is 0 Å². The first-order valence-corrected chi connectivity index (χ1v) is 7.67. The molecule has 0 aliphatic carbocycles. The molecule has 0 unspecified atom stereocenters. The summed E-state index contributed by atoms with van der Waals surface area (Å²) in [5.41, 5.74) is 6.03. The van der Waals surface area contributed by atoms with E-state index in [9.17, 15) is 13.2 Å². The number of aromatic nitrogens is 1. The molecule has 1 amide bonds. The Morgan fingerprint density at radius 1 is 1.35 bits per heavy atom. The number of piperidine rings is 1. The van der Waals surface area contributed by atoms with Gasteiger partial charge in [-0.25, -0.2) is 10.1 Å². The zero-order valence-electron chi connectivity index (χ0n) is 10.8. The minimum absolute atomic E-state index is 0.148. The van der Waals surface area contributed by atoms with Crippen molar-refractivity contribution in [2.75, 3.05) is 24.1 Å². The number of carbonyl (C=O) groups is 1. The Morgan fingerprint density at radius 3 is 2.50 bits per heavy atom. The molecule has 1 aliphatic rings. The highest BCUT2D eigenvalue weighted by Crippen LogP contribution is 2.20. The van der Waals surface area contributed by atoms with E-state index in [0.717, 1.165) is 0 Å². The summed E-state index contributed by atoms with van der Waals surface area (Å²) < 4.78 is 23.5. The predicted octanol–water partition coefficient (Wildman–Crippen LogP) is -0.482. The maximum Gasteiger partial charge on any atom is 0.276 e. The molecule has 0 radical (unpaired) electrons. The van der Waals surface area contributed by atoms with Gasteiger partial charge < -0.3 is 11.1 Å². The summed E-state index contributed by atoms with van der Waals surface area (Å²) >= 11 is 0. The Morgan fingerprint density at radius 2 is 2.00 bits per heavy atom. The molecule has 20 heavy (non-hydrogen) atoms. The molecule has 5 N–H and O–H groups in total. The molecule has 1 aromatic rings. The first-order chi connectivity index (χ1) is 9.36. The highest BCUT2D eigenvalue weighted by molar-refractivity contribution is 7.86. The zero-order chi connectivity index (χ0) is 14.8. The van der Waals surface area contributed by atoms with Gasteiger partial charge in [0.2, 0.25) is 5.91 Å². The summed E-state index contributed by atoms with van der Waals surface area (Å²) in [6, 6.07) is 3.26. The summed E-state index contributed by atoms with van der Waals surface area (Å²) in [5.74, 6) is 0.000605. The third-order valence-electron chi connectivity index (χ3n) is 3.24. The summed E-state index contributed by atoms with van der Waals surface area (Å²) in [6.45, 7) is 0.522. The molecule has 0 aromatic carbocycles. The van der Waals surface area contributed by atoms with Gasteiger partial charge in [-0.1, -0.05) is 0 Å². The fraction of sp³-hybridized carbons (Fsp3) is 0.455. The average Bonchev–Trinajstić information content (AvgIpc) is 2.40. The predicted molar refractivity (Wildman–Crippen MR) is 74.7 cm³/mol. The number of hydrogen-bond acceptors (Lipinski definition) is 5. The lowest BCUT2D eigenvalue weighted by Gasteiger charge is -2.28. The molecule has 0 saturated carbocycles. The number of hydrogen-bond donors (Lipinski definition) is 3. The normalized spacial score (nSPS) is 17.9. The molecule has 8 nitrogen and oxygen atoms in total. The Balaban J connectivity index is 1.90. The molecule has 1 aromatic heterocycles. The topological polar surface area (TPSA) is 131 Å². The van der Waals surface area contributed by atoms with Crippen LogP contribution in [-0.2, 0) is 15.0 Å². The van der Waals surface area contributed by atoms with Crippen LogP contribution in [0.15, 0.2) is 18.3 Å². The monoisotopic (exact) mass is 299 g/mol. The first-order valence-electron chi connectivity index (χ1n) is 6.16. The van der Waals surface area contributed by atoms with Crippen molar-refractivity contribution in [1.82, 2.24) is 9.29 Å². The Bertz CT molecular complexity index is 579. The minimum atomic E-state index is -3.66. The second-order valence-corrected chi connectivity index (χ2v) is 6.23. The van der Waals surface area contributed by atoms with Gasteiger partial charge in [0, 0.05) is 19.0 Å². The Kier molecular flexibility index (Phi) is 4.21. The van der Waals surface area contributed by atoms with E-state index in [-0.39, 0.29) is 24.9 Å². The van der Waals surface area contributed by atoms with Crippen molar-refractivity contribution in [3.8, 4) is 0 Å². The van der Waals surface area contributed by atoms with E-state index in [1.54, 1.807) is 12.1 Å². The van der Waals surface area contributed by atoms with Gasteiger partial charge in [-0.2, -0.15) is 12.7 Å². The molecule has 1 fully saturated rings. The molecule has 1 aliphatic heterocycles. The average molecular weight is 299 g/mol. The fourth-order valence-corrected chi connectivity index (χ4v) is 2.82. The van der Waals surface area contributed by atoms with Crippen LogP contribution < -0.4 is 16.2 Å². The van der Waals surface area contributed by atoms with E-state index in [0.29, 0.717) is 24.3 Å². The molecule has 0 bridgehead atoms. The quantitative estimate of drug-likeness (QED) is 0.693. The van der Waals surface area contributed by atoms with Crippen molar-refractivity contribution in [2.45, 2.75) is 12.8 Å². The SMILES string of the molecule is Nc1ccc(NC(=O)C2CCN(S(N)(=O)=O)CC2)cn1. The lowest BCUT2D eigenvalue weighted by atomic mass is 9.97. The van der Waals surface area contributed by atoms with Crippen LogP contribution in [0.25, 0.3) is 0 Å². The maximum absolute atomic E-state index is 12.0. The fourth-order valence-electron chi connectivity index (χ4n) is 2.10. The Labute approximate surface area is 117 Å². The van der Waals surface area contributed by atoms with Gasteiger partial charge in [-0.3, -0.25) is 4.79 Å². The lowest BCUT2D eigenvalue weighted by molar-refractivity contribution is -0.120. The van der Waals surface area contributed by atoms with Gasteiger partial charge in [-0.05, 0) is 25.0 Å². The first kappa shape index (κ1) is 14.7. The smallest absolute Gasteiger partial charge is 0.276 e. The number of anilines is 2. The van der Waals surface area contributed by atoms with Gasteiger partial charge in [0.15, 0.2) is 0 Å². The molecule has 110 valence electrons. The van der Waals surface area contributed by atoms with Crippen LogP contribution in [-0.4, -0.2) is 36.7 Å². The lowest BCUT2D eigenvalue weighted by Crippen LogP contribution is -2.44. The van der Waals surface area contributed by atoms with E-state index >= 15 is 0 Å². The van der Waals surface area contributed by atoms with Crippen LogP contribution in [0.1, 0.15) is 12.8 Å². The number of amides is 1. The molecule has 2 rings (SSSR count). The van der Waals surface area contributed by atoms with Crippen LogP contribution in [0.4, 0.5) is 11.5 Å². The second kappa shape index (κ2) is 5.73. The molecule has 9 heteroatoms. The number of rotatable bonds is 3. The van der Waals surface area contributed by atoms with Gasteiger partial charge in [0.25, 0.3) is 10.2 Å². The third kappa shape index (κ3) is 3.65. The molecular weight excluding hydrogens is 282 g/mol. The number of nitrogens with two attached hydrogens (primary N) is 2. The van der Waals surface area contributed by atoms with Gasteiger partial charge >= 0.3 is 0 Å². The number of carbonyl (C=O) groups excluding carboxylic acids is 1. The maximum atomic E-state index is 12.0. The van der Waals surface area contributed by atoms with E-state index < -0.39 is 10.2 Å². The summed E-state index contributed by atoms with van der Waals surface area (Å²) in [5, 5.41) is 7.78. The van der Waals surface area contributed by atoms with Crippen molar-refractivity contribution in [3.63, 3.8) is 0 Å². The van der Waals surface area contributed by atoms with Crippen molar-refractivity contribution in [2.24, 2.45) is 11.1 Å². The van der Waals surface area contributed by atoms with Crippen LogP contribution in [0.3, 0.4) is 0 Å². The third-order valence-corrected chi connectivity index (χ3v) is 4.32. The van der Waals surface area contributed by atoms with Crippen LogP contribution in [0.5, 0.6) is 0 Å². The van der Waals surface area contributed by atoms with E-state index in [4.69, 9.17) is 10.9 Å². The van der Waals surface area contributed by atoms with Crippen molar-refractivity contribution in [3.05, 3.63) is 18.3 Å². The molecular formula is C11H17N5O3S. The van der Waals surface area contributed by atoms with Crippen molar-refractivity contribution in [1.29, 1.82) is 0 Å². The Hall–Kier alpha value is -1.71. The number of nitrogen functional groups attached to an aromatic ring is 1.